The molecule has 0 aliphatic carbocycles. The van der Waals surface area contributed by atoms with Crippen molar-refractivity contribution >= 4 is 17.3 Å². The molecule has 0 aromatic carbocycles. The van der Waals surface area contributed by atoms with Crippen LogP contribution in [0.4, 0.5) is 0 Å². The minimum atomic E-state index is 0.627. The summed E-state index contributed by atoms with van der Waals surface area (Å²) in [6, 6.07) is 2.75. The van der Waals surface area contributed by atoms with E-state index in [2.05, 4.69) is 65.2 Å². The summed E-state index contributed by atoms with van der Waals surface area (Å²) in [5.74, 6) is 0.918. The maximum Gasteiger partial charge on any atom is 0.191 e. The SMILES string of the molecule is CCNC(=NCc1ccsc1)NCCCCN(C)C(C)C. The number of thiophene rings is 1. The molecule has 0 atom stereocenters. The van der Waals surface area contributed by atoms with Gasteiger partial charge >= 0.3 is 0 Å². The van der Waals surface area contributed by atoms with E-state index in [1.807, 2.05) is 0 Å². The molecule has 0 saturated carbocycles. The zero-order valence-electron chi connectivity index (χ0n) is 13.9. The van der Waals surface area contributed by atoms with Crippen molar-refractivity contribution in [2.75, 3.05) is 26.7 Å². The number of unbranched alkanes of at least 4 members (excludes halogenated alkanes) is 1. The van der Waals surface area contributed by atoms with Crippen LogP contribution in [0.15, 0.2) is 21.8 Å². The highest BCUT2D eigenvalue weighted by atomic mass is 32.1. The molecule has 0 spiro atoms. The van der Waals surface area contributed by atoms with Gasteiger partial charge in [-0.3, -0.25) is 0 Å². The molecule has 4 nitrogen and oxygen atoms in total. The van der Waals surface area contributed by atoms with Crippen LogP contribution in [0.25, 0.3) is 0 Å². The van der Waals surface area contributed by atoms with Crippen LogP contribution in [0.5, 0.6) is 0 Å². The Bertz CT molecular complexity index is 387. The van der Waals surface area contributed by atoms with E-state index in [1.165, 1.54) is 18.4 Å². The Labute approximate surface area is 133 Å². The molecular formula is C16H30N4S. The average molecular weight is 311 g/mol. The fraction of sp³-hybridized carbons (Fsp3) is 0.688. The second-order valence-electron chi connectivity index (χ2n) is 5.54. The molecule has 1 aromatic rings. The van der Waals surface area contributed by atoms with Crippen LogP contribution in [-0.2, 0) is 6.54 Å². The number of hydrogen-bond donors (Lipinski definition) is 2. The summed E-state index contributed by atoms with van der Waals surface area (Å²) in [7, 11) is 2.18. The molecule has 0 saturated heterocycles. The lowest BCUT2D eigenvalue weighted by atomic mass is 10.2. The average Bonchev–Trinajstić information content (AvgIpc) is 2.97. The molecule has 2 N–H and O–H groups in total. The fourth-order valence-corrected chi connectivity index (χ4v) is 2.51. The fourth-order valence-electron chi connectivity index (χ4n) is 1.85. The first kappa shape index (κ1) is 18.0. The van der Waals surface area contributed by atoms with Gasteiger partial charge in [0, 0.05) is 19.1 Å². The molecule has 0 aliphatic heterocycles. The molecule has 120 valence electrons. The van der Waals surface area contributed by atoms with Crippen LogP contribution in [-0.4, -0.2) is 43.6 Å². The van der Waals surface area contributed by atoms with Gasteiger partial charge in [0.2, 0.25) is 0 Å². The van der Waals surface area contributed by atoms with Crippen LogP contribution >= 0.6 is 11.3 Å². The molecule has 0 fully saturated rings. The maximum absolute atomic E-state index is 4.61. The highest BCUT2D eigenvalue weighted by molar-refractivity contribution is 7.07. The van der Waals surface area contributed by atoms with E-state index in [0.717, 1.165) is 32.1 Å². The first-order chi connectivity index (χ1) is 10.1. The van der Waals surface area contributed by atoms with Crippen LogP contribution in [0.3, 0.4) is 0 Å². The van der Waals surface area contributed by atoms with Crippen molar-refractivity contribution in [3.05, 3.63) is 22.4 Å². The molecule has 0 amide bonds. The van der Waals surface area contributed by atoms with Crippen LogP contribution in [0, 0.1) is 0 Å². The zero-order chi connectivity index (χ0) is 15.5. The second-order valence-corrected chi connectivity index (χ2v) is 6.32. The Morgan fingerprint density at radius 2 is 2.14 bits per heavy atom. The summed E-state index contributed by atoms with van der Waals surface area (Å²) in [5, 5.41) is 10.9. The third-order valence-electron chi connectivity index (χ3n) is 3.46. The van der Waals surface area contributed by atoms with Gasteiger partial charge in [0.05, 0.1) is 6.54 Å². The second kappa shape index (κ2) is 10.6. The number of nitrogens with zero attached hydrogens (tertiary/aromatic N) is 2. The van der Waals surface area contributed by atoms with Gasteiger partial charge in [-0.2, -0.15) is 11.3 Å². The molecule has 1 aromatic heterocycles. The van der Waals surface area contributed by atoms with Crippen LogP contribution < -0.4 is 10.6 Å². The minimum absolute atomic E-state index is 0.627. The molecule has 1 rings (SSSR count). The van der Waals surface area contributed by atoms with Gasteiger partial charge in [0.15, 0.2) is 5.96 Å². The minimum Gasteiger partial charge on any atom is -0.357 e. The Morgan fingerprint density at radius 1 is 1.33 bits per heavy atom. The van der Waals surface area contributed by atoms with E-state index in [4.69, 9.17) is 0 Å². The van der Waals surface area contributed by atoms with Crippen LogP contribution in [0.2, 0.25) is 0 Å². The largest absolute Gasteiger partial charge is 0.357 e. The van der Waals surface area contributed by atoms with Gasteiger partial charge in [-0.05, 0) is 69.6 Å². The summed E-state index contributed by atoms with van der Waals surface area (Å²) >= 11 is 1.72. The standard InChI is InChI=1S/C16H30N4S/c1-5-17-16(19-12-15-8-11-21-13-15)18-9-6-7-10-20(4)14(2)3/h8,11,13-14H,5-7,9-10,12H2,1-4H3,(H2,17,18,19). The summed E-state index contributed by atoms with van der Waals surface area (Å²) in [5.41, 5.74) is 1.27. The van der Waals surface area contributed by atoms with Crippen molar-refractivity contribution in [1.82, 2.24) is 15.5 Å². The topological polar surface area (TPSA) is 39.7 Å². The summed E-state index contributed by atoms with van der Waals surface area (Å²) < 4.78 is 0. The zero-order valence-corrected chi connectivity index (χ0v) is 14.7. The number of aliphatic imine (C=N–C) groups is 1. The first-order valence-corrected chi connectivity index (χ1v) is 8.81. The quantitative estimate of drug-likeness (QED) is 0.418. The van der Waals surface area contributed by atoms with Crippen molar-refractivity contribution in [2.45, 2.75) is 46.2 Å². The van der Waals surface area contributed by atoms with E-state index in [1.54, 1.807) is 11.3 Å². The van der Waals surface area contributed by atoms with Crippen molar-refractivity contribution < 1.29 is 0 Å². The highest BCUT2D eigenvalue weighted by Gasteiger charge is 2.02. The Hall–Kier alpha value is -1.07. The normalized spacial score (nSPS) is 12.2. The van der Waals surface area contributed by atoms with Gasteiger partial charge in [0.1, 0.15) is 0 Å². The molecule has 0 aliphatic rings. The van der Waals surface area contributed by atoms with Gasteiger partial charge in [-0.15, -0.1) is 0 Å². The smallest absolute Gasteiger partial charge is 0.191 e. The van der Waals surface area contributed by atoms with Crippen molar-refractivity contribution in [3.8, 4) is 0 Å². The third-order valence-corrected chi connectivity index (χ3v) is 4.19. The molecular weight excluding hydrogens is 280 g/mol. The number of rotatable bonds is 9. The number of hydrogen-bond acceptors (Lipinski definition) is 3. The molecule has 1 heterocycles. The van der Waals surface area contributed by atoms with Gasteiger partial charge in [-0.1, -0.05) is 0 Å². The predicted octanol–water partition coefficient (Wildman–Crippen LogP) is 2.92. The van der Waals surface area contributed by atoms with Crippen LogP contribution in [0.1, 0.15) is 39.2 Å². The van der Waals surface area contributed by atoms with Crippen molar-refractivity contribution in [2.24, 2.45) is 4.99 Å². The predicted molar refractivity (Wildman–Crippen MR) is 94.1 cm³/mol. The maximum atomic E-state index is 4.61. The number of nitrogens with one attached hydrogen (secondary N) is 2. The highest BCUT2D eigenvalue weighted by Crippen LogP contribution is 2.06. The van der Waals surface area contributed by atoms with Crippen molar-refractivity contribution in [3.63, 3.8) is 0 Å². The number of guanidine groups is 1. The van der Waals surface area contributed by atoms with E-state index in [0.29, 0.717) is 6.04 Å². The summed E-state index contributed by atoms with van der Waals surface area (Å²) in [6.07, 6.45) is 2.38. The summed E-state index contributed by atoms with van der Waals surface area (Å²) in [6.45, 7) is 10.3. The lowest BCUT2D eigenvalue weighted by Gasteiger charge is -2.20. The van der Waals surface area contributed by atoms with E-state index in [9.17, 15) is 0 Å². The monoisotopic (exact) mass is 310 g/mol. The van der Waals surface area contributed by atoms with E-state index < -0.39 is 0 Å². The molecule has 21 heavy (non-hydrogen) atoms. The first-order valence-electron chi connectivity index (χ1n) is 7.87. The molecule has 0 radical (unpaired) electrons. The van der Waals surface area contributed by atoms with Gasteiger partial charge in [0.25, 0.3) is 0 Å². The lowest BCUT2D eigenvalue weighted by Crippen LogP contribution is -2.38. The Balaban J connectivity index is 2.23. The van der Waals surface area contributed by atoms with Crippen molar-refractivity contribution in [1.29, 1.82) is 0 Å². The van der Waals surface area contributed by atoms with Gasteiger partial charge < -0.3 is 15.5 Å². The Kier molecular flexibility index (Phi) is 9.10. The molecule has 0 unspecified atom stereocenters. The van der Waals surface area contributed by atoms with Gasteiger partial charge in [-0.25, -0.2) is 4.99 Å². The van der Waals surface area contributed by atoms with E-state index in [-0.39, 0.29) is 0 Å². The lowest BCUT2D eigenvalue weighted by molar-refractivity contribution is 0.268. The third kappa shape index (κ3) is 8.07. The molecule has 5 heteroatoms. The summed E-state index contributed by atoms with van der Waals surface area (Å²) in [4.78, 5) is 6.99. The Morgan fingerprint density at radius 3 is 2.76 bits per heavy atom. The molecule has 0 bridgehead atoms. The van der Waals surface area contributed by atoms with E-state index >= 15 is 0 Å².